The lowest BCUT2D eigenvalue weighted by atomic mass is 10.0. The number of nitrogens with one attached hydrogen (secondary N) is 2. The number of imidazole rings is 1. The first-order valence-corrected chi connectivity index (χ1v) is 10.3. The van der Waals surface area contributed by atoms with Crippen molar-refractivity contribution in [2.45, 2.75) is 11.6 Å². The fourth-order valence-corrected chi connectivity index (χ4v) is 3.78. The largest absolute Gasteiger partial charge is 0.497 e. The van der Waals surface area contributed by atoms with Crippen LogP contribution in [0.25, 0.3) is 11.0 Å². The van der Waals surface area contributed by atoms with Crippen molar-refractivity contribution in [3.05, 3.63) is 83.9 Å². The van der Waals surface area contributed by atoms with Crippen molar-refractivity contribution in [3.8, 4) is 5.75 Å². The van der Waals surface area contributed by atoms with Gasteiger partial charge in [0.2, 0.25) is 5.91 Å². The monoisotopic (exact) mass is 403 g/mol. The molecule has 0 saturated heterocycles. The number of rotatable bonds is 7. The lowest BCUT2D eigenvalue weighted by Crippen LogP contribution is -2.15. The van der Waals surface area contributed by atoms with Crippen LogP contribution in [0.2, 0.25) is 0 Å². The number of fused-ring (bicyclic) bond motifs is 1. The smallest absolute Gasteiger partial charge is 0.234 e. The molecule has 4 rings (SSSR count). The van der Waals surface area contributed by atoms with Gasteiger partial charge in [0.05, 0.1) is 23.9 Å². The summed E-state index contributed by atoms with van der Waals surface area (Å²) in [4.78, 5) is 20.3. The minimum absolute atomic E-state index is 0.0615. The normalized spacial score (nSPS) is 10.8. The summed E-state index contributed by atoms with van der Waals surface area (Å²) < 4.78 is 5.23. The van der Waals surface area contributed by atoms with Crippen LogP contribution in [0.1, 0.15) is 11.1 Å². The van der Waals surface area contributed by atoms with E-state index in [0.29, 0.717) is 5.16 Å². The highest BCUT2D eigenvalue weighted by Gasteiger charge is 2.10. The summed E-state index contributed by atoms with van der Waals surface area (Å²) in [7, 11) is 1.63. The zero-order valence-electron chi connectivity index (χ0n) is 16.0. The second kappa shape index (κ2) is 8.84. The van der Waals surface area contributed by atoms with E-state index < -0.39 is 0 Å². The van der Waals surface area contributed by atoms with Crippen molar-refractivity contribution >= 4 is 34.4 Å². The Morgan fingerprint density at radius 2 is 1.86 bits per heavy atom. The average molecular weight is 404 g/mol. The van der Waals surface area contributed by atoms with E-state index in [2.05, 4.69) is 27.4 Å². The van der Waals surface area contributed by atoms with Crippen LogP contribution in [0.3, 0.4) is 0 Å². The number of para-hydroxylation sites is 1. The molecule has 146 valence electrons. The third kappa shape index (κ3) is 4.78. The Hall–Kier alpha value is -3.25. The number of carbonyl (C=O) groups excluding carboxylic acids is 1. The molecule has 0 radical (unpaired) electrons. The maximum Gasteiger partial charge on any atom is 0.234 e. The number of methoxy groups -OCH3 is 1. The van der Waals surface area contributed by atoms with Gasteiger partial charge in [0.1, 0.15) is 5.75 Å². The van der Waals surface area contributed by atoms with Crippen LogP contribution >= 0.6 is 11.8 Å². The molecule has 0 bridgehead atoms. The maximum atomic E-state index is 12.5. The first-order chi connectivity index (χ1) is 14.2. The van der Waals surface area contributed by atoms with Crippen LogP contribution in [-0.4, -0.2) is 28.7 Å². The number of benzene rings is 3. The first-order valence-electron chi connectivity index (χ1n) is 9.29. The van der Waals surface area contributed by atoms with Crippen LogP contribution in [0.4, 0.5) is 5.69 Å². The molecular formula is C23H21N3O2S. The number of H-pyrrole nitrogens is 1. The van der Waals surface area contributed by atoms with Crippen molar-refractivity contribution in [1.29, 1.82) is 0 Å². The molecule has 0 spiro atoms. The summed E-state index contributed by atoms with van der Waals surface area (Å²) in [5.41, 5.74) is 4.88. The summed E-state index contributed by atoms with van der Waals surface area (Å²) in [5.74, 6) is 0.982. The Balaban J connectivity index is 1.40. The number of aromatic nitrogens is 2. The van der Waals surface area contributed by atoms with E-state index in [1.807, 2.05) is 60.7 Å². The van der Waals surface area contributed by atoms with Gasteiger partial charge in [-0.1, -0.05) is 60.3 Å². The van der Waals surface area contributed by atoms with E-state index in [4.69, 9.17) is 4.74 Å². The second-order valence-corrected chi connectivity index (χ2v) is 7.55. The molecule has 1 heterocycles. The molecule has 29 heavy (non-hydrogen) atoms. The summed E-state index contributed by atoms with van der Waals surface area (Å²) in [5, 5.41) is 3.74. The van der Waals surface area contributed by atoms with E-state index in [1.54, 1.807) is 7.11 Å². The van der Waals surface area contributed by atoms with Crippen LogP contribution in [0.5, 0.6) is 5.75 Å². The quantitative estimate of drug-likeness (QED) is 0.431. The first kappa shape index (κ1) is 19.1. The highest BCUT2D eigenvalue weighted by Crippen LogP contribution is 2.24. The molecule has 4 aromatic rings. The van der Waals surface area contributed by atoms with Gasteiger partial charge in [0, 0.05) is 11.8 Å². The lowest BCUT2D eigenvalue weighted by Gasteiger charge is -2.11. The average Bonchev–Trinajstić information content (AvgIpc) is 3.16. The number of aromatic amines is 1. The lowest BCUT2D eigenvalue weighted by molar-refractivity contribution is -0.113. The molecule has 5 nitrogen and oxygen atoms in total. The maximum absolute atomic E-state index is 12.5. The summed E-state index contributed by atoms with van der Waals surface area (Å²) in [6.07, 6.45) is 0.774. The molecule has 0 aliphatic carbocycles. The Morgan fingerprint density at radius 3 is 2.69 bits per heavy atom. The fourth-order valence-electron chi connectivity index (χ4n) is 3.09. The second-order valence-electron chi connectivity index (χ2n) is 6.58. The van der Waals surface area contributed by atoms with Crippen molar-refractivity contribution in [2.24, 2.45) is 0 Å². The van der Waals surface area contributed by atoms with Gasteiger partial charge in [-0.25, -0.2) is 4.98 Å². The standard InChI is InChI=1S/C23H21N3O2S/c1-28-18-11-12-20-21(14-18)26-23(25-20)29-15-22(27)24-19-10-6-5-9-17(19)13-16-7-3-2-4-8-16/h2-12,14H,13,15H2,1H3,(H,24,27)(H,25,26). The molecule has 3 aromatic carbocycles. The van der Waals surface area contributed by atoms with Crippen molar-refractivity contribution in [1.82, 2.24) is 9.97 Å². The minimum Gasteiger partial charge on any atom is -0.497 e. The van der Waals surface area contributed by atoms with Crippen LogP contribution in [0.15, 0.2) is 78.0 Å². The fraction of sp³-hybridized carbons (Fsp3) is 0.130. The molecule has 0 aliphatic rings. The molecule has 0 saturated carbocycles. The van der Waals surface area contributed by atoms with Crippen molar-refractivity contribution in [3.63, 3.8) is 0 Å². The minimum atomic E-state index is -0.0615. The highest BCUT2D eigenvalue weighted by atomic mass is 32.2. The Labute approximate surface area is 173 Å². The summed E-state index contributed by atoms with van der Waals surface area (Å²) >= 11 is 1.38. The number of ether oxygens (including phenoxy) is 1. The Bertz CT molecular complexity index is 1130. The number of anilines is 1. The van der Waals surface area contributed by atoms with E-state index in [9.17, 15) is 4.79 Å². The third-order valence-electron chi connectivity index (χ3n) is 4.54. The number of hydrogen-bond donors (Lipinski definition) is 2. The van der Waals surface area contributed by atoms with E-state index in [1.165, 1.54) is 17.3 Å². The van der Waals surface area contributed by atoms with Crippen LogP contribution < -0.4 is 10.1 Å². The predicted molar refractivity (Wildman–Crippen MR) is 118 cm³/mol. The highest BCUT2D eigenvalue weighted by molar-refractivity contribution is 7.99. The van der Waals surface area contributed by atoms with E-state index >= 15 is 0 Å². The van der Waals surface area contributed by atoms with Crippen molar-refractivity contribution in [2.75, 3.05) is 18.2 Å². The molecular weight excluding hydrogens is 382 g/mol. The van der Waals surface area contributed by atoms with Crippen LogP contribution in [-0.2, 0) is 11.2 Å². The van der Waals surface area contributed by atoms with Gasteiger partial charge in [0.15, 0.2) is 5.16 Å². The summed E-state index contributed by atoms with van der Waals surface area (Å²) in [6, 6.07) is 23.8. The van der Waals surface area contributed by atoms with Crippen LogP contribution in [0, 0.1) is 0 Å². The number of carbonyl (C=O) groups is 1. The number of nitrogens with zero attached hydrogens (tertiary/aromatic N) is 1. The van der Waals surface area contributed by atoms with Gasteiger partial charge in [-0.2, -0.15) is 0 Å². The number of amides is 1. The molecule has 1 amide bonds. The SMILES string of the molecule is COc1ccc2nc(SCC(=O)Nc3ccccc3Cc3ccccc3)[nH]c2c1. The number of hydrogen-bond acceptors (Lipinski definition) is 4. The van der Waals surface area contributed by atoms with Crippen molar-refractivity contribution < 1.29 is 9.53 Å². The van der Waals surface area contributed by atoms with Gasteiger partial charge in [-0.3, -0.25) is 4.79 Å². The van der Waals surface area contributed by atoms with Gasteiger partial charge < -0.3 is 15.0 Å². The molecule has 2 N–H and O–H groups in total. The molecule has 0 aliphatic heterocycles. The third-order valence-corrected chi connectivity index (χ3v) is 5.41. The predicted octanol–water partition coefficient (Wildman–Crippen LogP) is 4.89. The Morgan fingerprint density at radius 1 is 1.07 bits per heavy atom. The van der Waals surface area contributed by atoms with E-state index in [-0.39, 0.29) is 11.7 Å². The van der Waals surface area contributed by atoms with Gasteiger partial charge >= 0.3 is 0 Å². The molecule has 1 aromatic heterocycles. The molecule has 0 fully saturated rings. The van der Waals surface area contributed by atoms with E-state index in [0.717, 1.165) is 34.5 Å². The summed E-state index contributed by atoms with van der Waals surface area (Å²) in [6.45, 7) is 0. The zero-order valence-corrected chi connectivity index (χ0v) is 16.8. The molecule has 0 unspecified atom stereocenters. The molecule has 0 atom stereocenters. The van der Waals surface area contributed by atoms with Gasteiger partial charge in [-0.05, 0) is 35.7 Å². The van der Waals surface area contributed by atoms with Gasteiger partial charge in [-0.15, -0.1) is 0 Å². The zero-order chi connectivity index (χ0) is 20.1. The van der Waals surface area contributed by atoms with Gasteiger partial charge in [0.25, 0.3) is 0 Å². The Kier molecular flexibility index (Phi) is 5.81. The topological polar surface area (TPSA) is 67.0 Å². The molecule has 6 heteroatoms. The number of thioether (sulfide) groups is 1.